The Morgan fingerprint density at radius 1 is 1.12 bits per heavy atom. The molecule has 0 saturated carbocycles. The quantitative estimate of drug-likeness (QED) is 0.765. The van der Waals surface area contributed by atoms with Crippen LogP contribution in [0.15, 0.2) is 48.8 Å². The lowest BCUT2D eigenvalue weighted by Gasteiger charge is -2.35. The van der Waals surface area contributed by atoms with Crippen LogP contribution in [-0.4, -0.2) is 26.5 Å². The van der Waals surface area contributed by atoms with Gasteiger partial charge in [0.1, 0.15) is 5.75 Å². The molecule has 4 nitrogen and oxygen atoms in total. The van der Waals surface area contributed by atoms with Crippen LogP contribution >= 0.6 is 0 Å². The Morgan fingerprint density at radius 3 is 2.68 bits per heavy atom. The minimum absolute atomic E-state index is 0.107. The Bertz CT molecular complexity index is 882. The molecule has 1 aliphatic heterocycles. The summed E-state index contributed by atoms with van der Waals surface area (Å²) in [6.07, 6.45) is 2.74. The average molecular weight is 333 g/mol. The first kappa shape index (κ1) is 15.9. The van der Waals surface area contributed by atoms with Crippen LogP contribution in [0.4, 0.5) is 0 Å². The lowest BCUT2D eigenvalue weighted by atomic mass is 9.94. The molecule has 128 valence electrons. The van der Waals surface area contributed by atoms with Crippen LogP contribution in [0.5, 0.6) is 5.75 Å². The van der Waals surface area contributed by atoms with Gasteiger partial charge in [-0.3, -0.25) is 4.90 Å². The Morgan fingerprint density at radius 2 is 1.88 bits per heavy atom. The van der Waals surface area contributed by atoms with E-state index in [9.17, 15) is 5.11 Å². The molecular weight excluding hydrogens is 310 g/mol. The molecule has 2 N–H and O–H groups in total. The number of aromatic nitrogens is 2. The van der Waals surface area contributed by atoms with Gasteiger partial charge in [0.2, 0.25) is 0 Å². The van der Waals surface area contributed by atoms with Crippen LogP contribution in [0.3, 0.4) is 0 Å². The van der Waals surface area contributed by atoms with Crippen LogP contribution in [0, 0.1) is 13.8 Å². The third-order valence-electron chi connectivity index (χ3n) is 5.03. The molecule has 1 atom stereocenters. The van der Waals surface area contributed by atoms with Gasteiger partial charge in [-0.15, -0.1) is 0 Å². The fraction of sp³-hybridized carbons (Fsp3) is 0.286. The minimum atomic E-state index is 0.107. The van der Waals surface area contributed by atoms with Gasteiger partial charge in [0.05, 0.1) is 18.1 Å². The van der Waals surface area contributed by atoms with Crippen molar-refractivity contribution >= 4 is 0 Å². The number of aromatic amines is 1. The normalized spacial score (nSPS) is 17.4. The van der Waals surface area contributed by atoms with Gasteiger partial charge in [0, 0.05) is 30.8 Å². The van der Waals surface area contributed by atoms with E-state index in [0.29, 0.717) is 12.3 Å². The molecule has 2 heterocycles. The summed E-state index contributed by atoms with van der Waals surface area (Å²) in [6.45, 7) is 5.80. The Balaban J connectivity index is 1.73. The summed E-state index contributed by atoms with van der Waals surface area (Å²) in [7, 11) is 0. The van der Waals surface area contributed by atoms with Crippen molar-refractivity contribution in [1.29, 1.82) is 0 Å². The van der Waals surface area contributed by atoms with Gasteiger partial charge in [0.15, 0.2) is 0 Å². The highest BCUT2D eigenvalue weighted by Crippen LogP contribution is 2.35. The molecule has 0 amide bonds. The number of rotatable bonds is 3. The molecule has 25 heavy (non-hydrogen) atoms. The molecule has 2 aromatic carbocycles. The molecule has 0 saturated heterocycles. The summed E-state index contributed by atoms with van der Waals surface area (Å²) >= 11 is 0. The van der Waals surface area contributed by atoms with Crippen LogP contribution < -0.4 is 0 Å². The number of phenolic OH excluding ortho intramolecular Hbond substituents is 1. The molecule has 3 aromatic rings. The summed E-state index contributed by atoms with van der Waals surface area (Å²) in [4.78, 5) is 10.3. The van der Waals surface area contributed by atoms with Crippen molar-refractivity contribution < 1.29 is 5.11 Å². The number of benzene rings is 2. The zero-order chi connectivity index (χ0) is 17.4. The van der Waals surface area contributed by atoms with Gasteiger partial charge >= 0.3 is 0 Å². The summed E-state index contributed by atoms with van der Waals surface area (Å²) in [5.41, 5.74) is 6.95. The van der Waals surface area contributed by atoms with Crippen molar-refractivity contribution in [2.24, 2.45) is 0 Å². The Kier molecular flexibility index (Phi) is 4.06. The number of nitrogens with zero attached hydrogens (tertiary/aromatic N) is 2. The molecule has 4 heteroatoms. The summed E-state index contributed by atoms with van der Waals surface area (Å²) in [5, 5.41) is 10.3. The highest BCUT2D eigenvalue weighted by molar-refractivity contribution is 5.38. The van der Waals surface area contributed by atoms with Gasteiger partial charge in [-0.1, -0.05) is 47.5 Å². The number of hydrogen-bond acceptors (Lipinski definition) is 3. The van der Waals surface area contributed by atoms with Crippen molar-refractivity contribution in [2.75, 3.05) is 6.54 Å². The minimum Gasteiger partial charge on any atom is -0.508 e. The monoisotopic (exact) mass is 333 g/mol. The zero-order valence-corrected chi connectivity index (χ0v) is 14.7. The van der Waals surface area contributed by atoms with E-state index in [1.165, 1.54) is 16.8 Å². The predicted molar refractivity (Wildman–Crippen MR) is 98.6 cm³/mol. The Labute approximate surface area is 148 Å². The molecule has 0 fully saturated rings. The molecular formula is C21H23N3O. The van der Waals surface area contributed by atoms with Crippen LogP contribution in [0.2, 0.25) is 0 Å². The number of hydrogen-bond donors (Lipinski definition) is 2. The first-order chi connectivity index (χ1) is 12.1. The SMILES string of the molecule is Cc1ccc([C@@H]2c3nc[nH]c3CCN2Cc2cc(C)ccc2O)cc1. The molecule has 0 aliphatic carbocycles. The van der Waals surface area contributed by atoms with Crippen LogP contribution in [-0.2, 0) is 13.0 Å². The summed E-state index contributed by atoms with van der Waals surface area (Å²) < 4.78 is 0. The molecule has 0 spiro atoms. The van der Waals surface area contributed by atoms with E-state index in [0.717, 1.165) is 29.8 Å². The van der Waals surface area contributed by atoms with E-state index in [1.807, 2.05) is 6.07 Å². The second kappa shape index (κ2) is 6.37. The topological polar surface area (TPSA) is 52.2 Å². The molecule has 0 radical (unpaired) electrons. The third-order valence-corrected chi connectivity index (χ3v) is 5.03. The first-order valence-corrected chi connectivity index (χ1v) is 8.73. The summed E-state index contributed by atoms with van der Waals surface area (Å²) in [6, 6.07) is 14.6. The van der Waals surface area contributed by atoms with Crippen LogP contribution in [0.1, 0.15) is 39.7 Å². The van der Waals surface area contributed by atoms with E-state index < -0.39 is 0 Å². The number of aryl methyl sites for hydroxylation is 2. The third kappa shape index (κ3) is 3.05. The van der Waals surface area contributed by atoms with E-state index in [2.05, 4.69) is 59.0 Å². The fourth-order valence-electron chi connectivity index (χ4n) is 3.67. The number of H-pyrrole nitrogens is 1. The van der Waals surface area contributed by atoms with Gasteiger partial charge in [-0.05, 0) is 25.5 Å². The molecule has 1 aromatic heterocycles. The highest BCUT2D eigenvalue weighted by Gasteiger charge is 2.31. The lowest BCUT2D eigenvalue weighted by molar-refractivity contribution is 0.198. The first-order valence-electron chi connectivity index (χ1n) is 8.73. The molecule has 1 aliphatic rings. The second-order valence-electron chi connectivity index (χ2n) is 6.93. The van der Waals surface area contributed by atoms with Crippen molar-refractivity contribution in [2.45, 2.75) is 32.9 Å². The standard InChI is InChI=1S/C21H23N3O/c1-14-3-6-16(7-4-14)21-20-18(22-13-23-20)9-10-24(21)12-17-11-15(2)5-8-19(17)25/h3-8,11,13,21,25H,9-10,12H2,1-2H3,(H,22,23)/t21-/m1/s1. The maximum atomic E-state index is 10.3. The van der Waals surface area contributed by atoms with Crippen molar-refractivity contribution in [3.63, 3.8) is 0 Å². The maximum Gasteiger partial charge on any atom is 0.120 e. The summed E-state index contributed by atoms with van der Waals surface area (Å²) in [5.74, 6) is 0.362. The van der Waals surface area contributed by atoms with Gasteiger partial charge in [-0.2, -0.15) is 0 Å². The number of phenols is 1. The van der Waals surface area contributed by atoms with E-state index >= 15 is 0 Å². The van der Waals surface area contributed by atoms with Crippen molar-refractivity contribution in [3.8, 4) is 5.75 Å². The smallest absolute Gasteiger partial charge is 0.120 e. The molecule has 0 bridgehead atoms. The van der Waals surface area contributed by atoms with Crippen LogP contribution in [0.25, 0.3) is 0 Å². The largest absolute Gasteiger partial charge is 0.508 e. The predicted octanol–water partition coefficient (Wildman–Crippen LogP) is 3.88. The van der Waals surface area contributed by atoms with Gasteiger partial charge < -0.3 is 10.1 Å². The number of fused-ring (bicyclic) bond motifs is 1. The fourth-order valence-corrected chi connectivity index (χ4v) is 3.67. The number of imidazole rings is 1. The Hall–Kier alpha value is -2.59. The lowest BCUT2D eigenvalue weighted by Crippen LogP contribution is -2.35. The van der Waals surface area contributed by atoms with E-state index in [1.54, 1.807) is 12.4 Å². The maximum absolute atomic E-state index is 10.3. The highest BCUT2D eigenvalue weighted by atomic mass is 16.3. The van der Waals surface area contributed by atoms with E-state index in [-0.39, 0.29) is 6.04 Å². The number of aromatic hydroxyl groups is 1. The molecule has 0 unspecified atom stereocenters. The number of nitrogens with one attached hydrogen (secondary N) is 1. The van der Waals surface area contributed by atoms with E-state index in [4.69, 9.17) is 0 Å². The van der Waals surface area contributed by atoms with Gasteiger partial charge in [0.25, 0.3) is 0 Å². The average Bonchev–Trinajstić information content (AvgIpc) is 3.08. The second-order valence-corrected chi connectivity index (χ2v) is 6.93. The molecule has 4 rings (SSSR count). The van der Waals surface area contributed by atoms with Gasteiger partial charge in [-0.25, -0.2) is 4.98 Å². The van der Waals surface area contributed by atoms with Crippen molar-refractivity contribution in [1.82, 2.24) is 14.9 Å². The zero-order valence-electron chi connectivity index (χ0n) is 14.7. The van der Waals surface area contributed by atoms with Crippen molar-refractivity contribution in [3.05, 3.63) is 82.4 Å².